The zero-order valence-corrected chi connectivity index (χ0v) is 11.6. The number of benzene rings is 1. The van der Waals surface area contributed by atoms with Gasteiger partial charge in [-0.05, 0) is 36.7 Å². The molecule has 0 fully saturated rings. The van der Waals surface area contributed by atoms with Crippen LogP contribution in [0.25, 0.3) is 0 Å². The van der Waals surface area contributed by atoms with E-state index in [1.54, 1.807) is 6.07 Å². The minimum Gasteiger partial charge on any atom is -0.484 e. The van der Waals surface area contributed by atoms with Gasteiger partial charge < -0.3 is 10.1 Å². The molecule has 6 heteroatoms. The molecule has 0 heterocycles. The van der Waals surface area contributed by atoms with Crippen LogP contribution in [-0.2, 0) is 6.54 Å². The summed E-state index contributed by atoms with van der Waals surface area (Å²) in [4.78, 5) is 0. The summed E-state index contributed by atoms with van der Waals surface area (Å²) >= 11 is 3.25. The van der Waals surface area contributed by atoms with Gasteiger partial charge in [-0.15, -0.1) is 0 Å². The number of hydrogen-bond donors (Lipinski definition) is 1. The second-order valence-electron chi connectivity index (χ2n) is 3.88. The fourth-order valence-corrected chi connectivity index (χ4v) is 1.90. The Kier molecular flexibility index (Phi) is 5.95. The third-order valence-electron chi connectivity index (χ3n) is 2.09. The number of nitrogens with one attached hydrogen (secondary N) is 1. The molecule has 1 aromatic carbocycles. The SMILES string of the molecule is CCCNCc1cc(Br)cc(OCC(F)(F)F)c1. The van der Waals surface area contributed by atoms with Crippen LogP contribution in [0.2, 0.25) is 0 Å². The van der Waals surface area contributed by atoms with Crippen LogP contribution in [-0.4, -0.2) is 19.3 Å². The van der Waals surface area contributed by atoms with E-state index in [1.807, 2.05) is 13.0 Å². The van der Waals surface area contributed by atoms with Gasteiger partial charge in [-0.2, -0.15) is 13.2 Å². The zero-order valence-electron chi connectivity index (χ0n) is 9.98. The lowest BCUT2D eigenvalue weighted by atomic mass is 10.2. The number of rotatable bonds is 6. The van der Waals surface area contributed by atoms with Gasteiger partial charge >= 0.3 is 6.18 Å². The monoisotopic (exact) mass is 325 g/mol. The molecule has 0 aliphatic heterocycles. The van der Waals surface area contributed by atoms with Crippen LogP contribution in [0.1, 0.15) is 18.9 Å². The predicted octanol–water partition coefficient (Wildman–Crippen LogP) is 3.89. The van der Waals surface area contributed by atoms with Gasteiger partial charge in [-0.25, -0.2) is 0 Å². The summed E-state index contributed by atoms with van der Waals surface area (Å²) in [6.45, 7) is 2.25. The maximum absolute atomic E-state index is 12.0. The average Bonchev–Trinajstić information content (AvgIpc) is 2.25. The van der Waals surface area contributed by atoms with Crippen LogP contribution in [0, 0.1) is 0 Å². The topological polar surface area (TPSA) is 21.3 Å². The molecule has 0 bridgehead atoms. The molecule has 1 aromatic rings. The van der Waals surface area contributed by atoms with Crippen molar-refractivity contribution in [3.8, 4) is 5.75 Å². The van der Waals surface area contributed by atoms with Gasteiger partial charge in [-0.3, -0.25) is 0 Å². The lowest BCUT2D eigenvalue weighted by Crippen LogP contribution is -2.19. The lowest BCUT2D eigenvalue weighted by molar-refractivity contribution is -0.153. The minimum atomic E-state index is -4.32. The summed E-state index contributed by atoms with van der Waals surface area (Å²) in [7, 11) is 0. The summed E-state index contributed by atoms with van der Waals surface area (Å²) < 4.78 is 41.5. The van der Waals surface area contributed by atoms with Crippen molar-refractivity contribution in [2.45, 2.75) is 26.1 Å². The molecule has 0 radical (unpaired) electrons. The summed E-state index contributed by atoms with van der Waals surface area (Å²) in [6.07, 6.45) is -3.31. The first-order valence-corrected chi connectivity index (χ1v) is 6.40. The van der Waals surface area contributed by atoms with Gasteiger partial charge in [-0.1, -0.05) is 22.9 Å². The highest BCUT2D eigenvalue weighted by Crippen LogP contribution is 2.24. The van der Waals surface area contributed by atoms with E-state index < -0.39 is 12.8 Å². The van der Waals surface area contributed by atoms with Gasteiger partial charge in [0.1, 0.15) is 5.75 Å². The Morgan fingerprint density at radius 1 is 1.28 bits per heavy atom. The van der Waals surface area contributed by atoms with E-state index in [-0.39, 0.29) is 5.75 Å². The molecule has 18 heavy (non-hydrogen) atoms. The molecule has 2 nitrogen and oxygen atoms in total. The van der Waals surface area contributed by atoms with E-state index in [4.69, 9.17) is 4.74 Å². The Bertz CT molecular complexity index is 382. The van der Waals surface area contributed by atoms with Gasteiger partial charge in [0.05, 0.1) is 0 Å². The third kappa shape index (κ3) is 6.26. The molecule has 0 atom stereocenters. The van der Waals surface area contributed by atoms with Crippen LogP contribution in [0.4, 0.5) is 13.2 Å². The van der Waals surface area contributed by atoms with Crippen LogP contribution in [0.3, 0.4) is 0 Å². The molecule has 1 N–H and O–H groups in total. The first-order valence-electron chi connectivity index (χ1n) is 5.60. The number of hydrogen-bond acceptors (Lipinski definition) is 2. The minimum absolute atomic E-state index is 0.218. The van der Waals surface area contributed by atoms with E-state index in [1.165, 1.54) is 6.07 Å². The van der Waals surface area contributed by atoms with Crippen molar-refractivity contribution in [2.75, 3.05) is 13.2 Å². The van der Waals surface area contributed by atoms with Crippen molar-refractivity contribution in [1.29, 1.82) is 0 Å². The quantitative estimate of drug-likeness (QED) is 0.801. The highest BCUT2D eigenvalue weighted by atomic mass is 79.9. The Balaban J connectivity index is 2.62. The van der Waals surface area contributed by atoms with Crippen LogP contribution in [0.15, 0.2) is 22.7 Å². The molecule has 0 amide bonds. The first kappa shape index (κ1) is 15.3. The fourth-order valence-electron chi connectivity index (χ4n) is 1.38. The first-order chi connectivity index (χ1) is 8.40. The summed E-state index contributed by atoms with van der Waals surface area (Å²) in [5.41, 5.74) is 0.884. The second kappa shape index (κ2) is 6.99. The number of alkyl halides is 3. The fraction of sp³-hybridized carbons (Fsp3) is 0.500. The molecule has 0 aliphatic rings. The Labute approximate surface area is 113 Å². The maximum atomic E-state index is 12.0. The smallest absolute Gasteiger partial charge is 0.422 e. The highest BCUT2D eigenvalue weighted by molar-refractivity contribution is 9.10. The van der Waals surface area contributed by atoms with Crippen LogP contribution >= 0.6 is 15.9 Å². The largest absolute Gasteiger partial charge is 0.484 e. The van der Waals surface area contributed by atoms with E-state index in [0.717, 1.165) is 18.5 Å². The molecular formula is C12H15BrF3NO. The third-order valence-corrected chi connectivity index (χ3v) is 2.55. The van der Waals surface area contributed by atoms with Crippen molar-refractivity contribution in [3.63, 3.8) is 0 Å². The van der Waals surface area contributed by atoms with Crippen molar-refractivity contribution in [1.82, 2.24) is 5.32 Å². The summed E-state index contributed by atoms with van der Waals surface area (Å²) in [5, 5.41) is 3.18. The highest BCUT2D eigenvalue weighted by Gasteiger charge is 2.28. The molecular weight excluding hydrogens is 311 g/mol. The van der Waals surface area contributed by atoms with Crippen LogP contribution in [0.5, 0.6) is 5.75 Å². The van der Waals surface area contributed by atoms with E-state index >= 15 is 0 Å². The van der Waals surface area contributed by atoms with Gasteiger partial charge in [0.2, 0.25) is 0 Å². The molecule has 0 spiro atoms. The normalized spacial score (nSPS) is 11.6. The van der Waals surface area contributed by atoms with Gasteiger partial charge in [0, 0.05) is 11.0 Å². The van der Waals surface area contributed by atoms with Crippen molar-refractivity contribution >= 4 is 15.9 Å². The van der Waals surface area contributed by atoms with E-state index in [0.29, 0.717) is 11.0 Å². The number of ether oxygens (including phenoxy) is 1. The molecule has 0 aliphatic carbocycles. The summed E-state index contributed by atoms with van der Waals surface area (Å²) in [5.74, 6) is 0.218. The molecule has 0 saturated carbocycles. The molecule has 0 aromatic heterocycles. The van der Waals surface area contributed by atoms with Crippen molar-refractivity contribution in [3.05, 3.63) is 28.2 Å². The Hall–Kier alpha value is -0.750. The van der Waals surface area contributed by atoms with Gasteiger partial charge in [0.15, 0.2) is 6.61 Å². The van der Waals surface area contributed by atoms with Crippen molar-refractivity contribution in [2.24, 2.45) is 0 Å². The molecule has 0 unspecified atom stereocenters. The summed E-state index contributed by atoms with van der Waals surface area (Å²) in [6, 6.07) is 4.98. The Morgan fingerprint density at radius 3 is 2.61 bits per heavy atom. The average molecular weight is 326 g/mol. The maximum Gasteiger partial charge on any atom is 0.422 e. The van der Waals surface area contributed by atoms with Crippen LogP contribution < -0.4 is 10.1 Å². The zero-order chi connectivity index (χ0) is 13.6. The van der Waals surface area contributed by atoms with E-state index in [2.05, 4.69) is 21.2 Å². The standard InChI is InChI=1S/C12H15BrF3NO/c1-2-3-17-7-9-4-10(13)6-11(5-9)18-8-12(14,15)16/h4-6,17H,2-3,7-8H2,1H3. The molecule has 102 valence electrons. The molecule has 0 saturated heterocycles. The number of halogens is 4. The van der Waals surface area contributed by atoms with E-state index in [9.17, 15) is 13.2 Å². The predicted molar refractivity (Wildman–Crippen MR) is 67.7 cm³/mol. The van der Waals surface area contributed by atoms with Crippen molar-refractivity contribution < 1.29 is 17.9 Å². The molecule has 1 rings (SSSR count). The Morgan fingerprint density at radius 2 is 2.00 bits per heavy atom. The lowest BCUT2D eigenvalue weighted by Gasteiger charge is -2.11. The second-order valence-corrected chi connectivity index (χ2v) is 4.79. The van der Waals surface area contributed by atoms with Gasteiger partial charge in [0.25, 0.3) is 0 Å².